The Hall–Kier alpha value is -3.09. The summed E-state index contributed by atoms with van der Waals surface area (Å²) in [5, 5.41) is 2.21. The first-order valence-corrected chi connectivity index (χ1v) is 15.8. The van der Waals surface area contributed by atoms with E-state index in [0.29, 0.717) is 15.9 Å². The van der Waals surface area contributed by atoms with Crippen LogP contribution in [0.5, 0.6) is 0 Å². The van der Waals surface area contributed by atoms with Crippen LogP contribution < -0.4 is 9.62 Å². The van der Waals surface area contributed by atoms with Crippen LogP contribution in [0.2, 0.25) is 5.02 Å². The Labute approximate surface area is 256 Å². The van der Waals surface area contributed by atoms with Crippen molar-refractivity contribution in [2.45, 2.75) is 45.1 Å². The molecule has 1 N–H and O–H groups in total. The number of amides is 2. The van der Waals surface area contributed by atoms with E-state index in [1.165, 1.54) is 4.90 Å². The third kappa shape index (κ3) is 9.20. The molecule has 3 aromatic carbocycles. The van der Waals surface area contributed by atoms with Crippen LogP contribution in [0.15, 0.2) is 77.3 Å². The van der Waals surface area contributed by atoms with Crippen molar-refractivity contribution in [3.63, 3.8) is 0 Å². The van der Waals surface area contributed by atoms with Crippen molar-refractivity contribution < 1.29 is 31.2 Å². The molecular weight excluding hydrogens is 659 g/mol. The predicted molar refractivity (Wildman–Crippen MR) is 161 cm³/mol. The number of halogens is 5. The number of rotatable bonds is 11. The van der Waals surface area contributed by atoms with Gasteiger partial charge in [-0.2, -0.15) is 13.2 Å². The number of anilines is 1. The lowest BCUT2D eigenvalue weighted by atomic mass is 10.0. The number of alkyl halides is 3. The highest BCUT2D eigenvalue weighted by molar-refractivity contribution is 9.10. The Balaban J connectivity index is 2.10. The molecule has 0 unspecified atom stereocenters. The predicted octanol–water partition coefficient (Wildman–Crippen LogP) is 6.05. The van der Waals surface area contributed by atoms with Crippen LogP contribution in [-0.4, -0.2) is 50.0 Å². The SMILES string of the molecule is CC(C)NC(=O)[C@@H](Cc1ccccc1)N(Cc1cccc(Br)c1)C(=O)CN(c1ccc(Cl)c(C(F)(F)F)c1)S(C)(=O)=O. The lowest BCUT2D eigenvalue weighted by molar-refractivity contribution is -0.140. The molecule has 42 heavy (non-hydrogen) atoms. The quantitative estimate of drug-likeness (QED) is 0.266. The summed E-state index contributed by atoms with van der Waals surface area (Å²) in [5.41, 5.74) is -0.242. The highest BCUT2D eigenvalue weighted by atomic mass is 79.9. The van der Waals surface area contributed by atoms with Gasteiger partial charge >= 0.3 is 6.18 Å². The molecule has 0 aliphatic carbocycles. The van der Waals surface area contributed by atoms with E-state index in [0.717, 1.165) is 28.4 Å². The minimum atomic E-state index is -4.86. The lowest BCUT2D eigenvalue weighted by Crippen LogP contribution is -2.54. The first kappa shape index (κ1) is 33.4. The zero-order valence-corrected chi connectivity index (χ0v) is 26.2. The van der Waals surface area contributed by atoms with Crippen molar-refractivity contribution in [2.75, 3.05) is 17.1 Å². The number of carbonyl (C=O) groups excluding carboxylic acids is 2. The molecule has 0 bridgehead atoms. The third-order valence-corrected chi connectivity index (χ3v) is 8.13. The van der Waals surface area contributed by atoms with E-state index < -0.39 is 56.9 Å². The van der Waals surface area contributed by atoms with E-state index in [1.807, 2.05) is 6.07 Å². The molecule has 3 rings (SSSR count). The summed E-state index contributed by atoms with van der Waals surface area (Å²) in [6.45, 7) is 2.60. The van der Waals surface area contributed by atoms with E-state index >= 15 is 0 Å². The van der Waals surface area contributed by atoms with Gasteiger partial charge in [-0.1, -0.05) is 70.0 Å². The molecule has 0 heterocycles. The summed E-state index contributed by atoms with van der Waals surface area (Å²) in [7, 11) is -4.26. The minimum absolute atomic E-state index is 0.0761. The maximum atomic E-state index is 14.0. The molecule has 0 saturated heterocycles. The van der Waals surface area contributed by atoms with E-state index in [9.17, 15) is 31.2 Å². The average Bonchev–Trinajstić information content (AvgIpc) is 2.88. The molecule has 0 aliphatic heterocycles. The highest BCUT2D eigenvalue weighted by Gasteiger charge is 2.36. The molecule has 7 nitrogen and oxygen atoms in total. The molecule has 226 valence electrons. The molecule has 13 heteroatoms. The van der Waals surface area contributed by atoms with E-state index in [2.05, 4.69) is 21.2 Å². The Kier molecular flexibility index (Phi) is 11.1. The zero-order valence-electron chi connectivity index (χ0n) is 23.0. The standard InChI is InChI=1S/C29H30BrClF3N3O4S/c1-19(2)35-28(39)26(15-20-8-5-4-6-9-20)36(17-21-10-7-11-22(30)14-21)27(38)18-37(42(3,40)41)23-12-13-25(31)24(16-23)29(32,33)34/h4-14,16,19,26H,15,17-18H2,1-3H3,(H,35,39)/t26-/m1/s1. The monoisotopic (exact) mass is 687 g/mol. The number of carbonyl (C=O) groups is 2. The van der Waals surface area contributed by atoms with E-state index in [1.54, 1.807) is 62.4 Å². The summed E-state index contributed by atoms with van der Waals surface area (Å²) in [5.74, 6) is -1.25. The van der Waals surface area contributed by atoms with Crippen molar-refractivity contribution in [3.8, 4) is 0 Å². The van der Waals surface area contributed by atoms with Crippen molar-refractivity contribution in [3.05, 3.63) is 99.0 Å². The number of nitrogens with one attached hydrogen (secondary N) is 1. The van der Waals surface area contributed by atoms with Gasteiger partial charge < -0.3 is 10.2 Å². The fraction of sp³-hybridized carbons (Fsp3) is 0.310. The van der Waals surface area contributed by atoms with Gasteiger partial charge in [-0.15, -0.1) is 0 Å². The fourth-order valence-corrected chi connectivity index (χ4v) is 5.78. The van der Waals surface area contributed by atoms with Crippen LogP contribution in [0.1, 0.15) is 30.5 Å². The van der Waals surface area contributed by atoms with Crippen LogP contribution in [0.25, 0.3) is 0 Å². The van der Waals surface area contributed by atoms with Gasteiger partial charge in [0.05, 0.1) is 22.5 Å². The summed E-state index contributed by atoms with van der Waals surface area (Å²) >= 11 is 9.14. The van der Waals surface area contributed by atoms with Gasteiger partial charge in [0.15, 0.2) is 0 Å². The van der Waals surface area contributed by atoms with Gasteiger partial charge in [-0.05, 0) is 55.3 Å². The number of hydrogen-bond acceptors (Lipinski definition) is 4. The third-order valence-electron chi connectivity index (χ3n) is 6.17. The van der Waals surface area contributed by atoms with Crippen molar-refractivity contribution in [1.29, 1.82) is 0 Å². The molecule has 1 atom stereocenters. The molecule has 0 radical (unpaired) electrons. The average molecular weight is 689 g/mol. The van der Waals surface area contributed by atoms with Crippen LogP contribution >= 0.6 is 27.5 Å². The topological polar surface area (TPSA) is 86.8 Å². The number of sulfonamides is 1. The van der Waals surface area contributed by atoms with Crippen molar-refractivity contribution in [1.82, 2.24) is 10.2 Å². The van der Waals surface area contributed by atoms with Gasteiger partial charge in [-0.3, -0.25) is 13.9 Å². The molecular formula is C29H30BrClF3N3O4S. The maximum Gasteiger partial charge on any atom is 0.417 e. The molecule has 2 amide bonds. The second-order valence-corrected chi connectivity index (χ2v) is 13.2. The molecule has 0 aromatic heterocycles. The Morgan fingerprint density at radius 3 is 2.19 bits per heavy atom. The van der Waals surface area contributed by atoms with Crippen LogP contribution in [0.4, 0.5) is 18.9 Å². The molecule has 0 fully saturated rings. The summed E-state index contributed by atoms with van der Waals surface area (Å²) in [4.78, 5) is 28.8. The van der Waals surface area contributed by atoms with Gasteiger partial charge in [0.2, 0.25) is 21.8 Å². The summed E-state index contributed by atoms with van der Waals surface area (Å²) in [6.07, 6.45) is -3.96. The molecule has 0 aliphatic rings. The van der Waals surface area contributed by atoms with Crippen LogP contribution in [0.3, 0.4) is 0 Å². The first-order valence-electron chi connectivity index (χ1n) is 12.8. The largest absolute Gasteiger partial charge is 0.417 e. The Bertz CT molecular complexity index is 1520. The second kappa shape index (κ2) is 13.9. The lowest BCUT2D eigenvalue weighted by Gasteiger charge is -2.34. The second-order valence-electron chi connectivity index (χ2n) is 9.95. The van der Waals surface area contributed by atoms with E-state index in [4.69, 9.17) is 11.6 Å². The maximum absolute atomic E-state index is 14.0. The van der Waals surface area contributed by atoms with E-state index in [-0.39, 0.29) is 19.0 Å². The molecule has 3 aromatic rings. The van der Waals surface area contributed by atoms with Gasteiger partial charge in [-0.25, -0.2) is 8.42 Å². The van der Waals surface area contributed by atoms with Crippen molar-refractivity contribution >= 4 is 55.1 Å². The highest BCUT2D eigenvalue weighted by Crippen LogP contribution is 2.37. The minimum Gasteiger partial charge on any atom is -0.352 e. The van der Waals surface area contributed by atoms with Crippen LogP contribution in [-0.2, 0) is 38.8 Å². The zero-order chi connectivity index (χ0) is 31.2. The van der Waals surface area contributed by atoms with Gasteiger partial charge in [0.25, 0.3) is 0 Å². The van der Waals surface area contributed by atoms with Crippen molar-refractivity contribution in [2.24, 2.45) is 0 Å². The number of hydrogen-bond donors (Lipinski definition) is 1. The number of nitrogens with zero attached hydrogens (tertiary/aromatic N) is 2. The fourth-order valence-electron chi connectivity index (χ4n) is 4.27. The normalized spacial score (nSPS) is 12.6. The molecule has 0 saturated carbocycles. The van der Waals surface area contributed by atoms with Gasteiger partial charge in [0, 0.05) is 23.5 Å². The Morgan fingerprint density at radius 2 is 1.62 bits per heavy atom. The summed E-state index contributed by atoms with van der Waals surface area (Å²) in [6, 6.07) is 17.3. The number of benzene rings is 3. The summed E-state index contributed by atoms with van der Waals surface area (Å²) < 4.78 is 67.7. The van der Waals surface area contributed by atoms with Crippen LogP contribution in [0, 0.1) is 0 Å². The Morgan fingerprint density at radius 1 is 0.976 bits per heavy atom. The first-order chi connectivity index (χ1) is 19.6. The molecule has 0 spiro atoms. The van der Waals surface area contributed by atoms with Gasteiger partial charge in [0.1, 0.15) is 12.6 Å². The smallest absolute Gasteiger partial charge is 0.352 e.